The molecule has 0 saturated heterocycles. The van der Waals surface area contributed by atoms with Crippen LogP contribution in [0.25, 0.3) is 0 Å². The molecule has 0 aromatic carbocycles. The van der Waals surface area contributed by atoms with Crippen LogP contribution in [0.3, 0.4) is 0 Å². The molecule has 0 heterocycles. The highest BCUT2D eigenvalue weighted by molar-refractivity contribution is 7.46. The molecule has 0 aromatic heterocycles. The van der Waals surface area contributed by atoms with Crippen LogP contribution < -0.4 is 0 Å². The minimum atomic E-state index is -5.02. The van der Waals surface area contributed by atoms with Crippen molar-refractivity contribution in [1.29, 1.82) is 0 Å². The molecule has 9 nitrogen and oxygen atoms in total. The third-order valence-corrected chi connectivity index (χ3v) is 2.18. The Morgan fingerprint density at radius 1 is 1.19 bits per heavy atom. The number of phosphoric ester groups is 1. The van der Waals surface area contributed by atoms with E-state index >= 15 is 0 Å². The van der Waals surface area contributed by atoms with Crippen molar-refractivity contribution in [3.05, 3.63) is 0 Å². The third-order valence-electron chi connectivity index (χ3n) is 1.66. The van der Waals surface area contributed by atoms with Gasteiger partial charge in [0.2, 0.25) is 0 Å². The molecule has 0 aliphatic rings. The molecule has 10 heteroatoms. The van der Waals surface area contributed by atoms with Crippen LogP contribution in [0, 0.1) is 0 Å². The number of rotatable bonds is 7. The van der Waals surface area contributed by atoms with Crippen molar-refractivity contribution in [3.8, 4) is 0 Å². The summed E-state index contributed by atoms with van der Waals surface area (Å²) in [6.45, 7) is -0.903. The largest absolute Gasteiger partial charge is 0.470 e. The van der Waals surface area contributed by atoms with E-state index in [-0.39, 0.29) is 6.29 Å². The second-order valence-corrected chi connectivity index (χ2v) is 4.12. The van der Waals surface area contributed by atoms with Crippen molar-refractivity contribution in [2.75, 3.05) is 6.61 Å². The lowest BCUT2D eigenvalue weighted by Crippen LogP contribution is -2.47. The molecule has 0 fully saturated rings. The van der Waals surface area contributed by atoms with Crippen molar-refractivity contribution in [2.45, 2.75) is 24.4 Å². The molecule has 0 amide bonds. The molecule has 0 aliphatic carbocycles. The Morgan fingerprint density at radius 3 is 2.00 bits per heavy atom. The average molecular weight is 260 g/mol. The number of hydrogen-bond acceptors (Lipinski definition) is 7. The number of aliphatic hydroxyl groups excluding tert-OH is 4. The monoisotopic (exact) mass is 260 g/mol. The van der Waals surface area contributed by atoms with Gasteiger partial charge in [-0.2, -0.15) is 0 Å². The smallest absolute Gasteiger partial charge is 0.394 e. The molecule has 0 aromatic rings. The van der Waals surface area contributed by atoms with E-state index in [9.17, 15) is 14.5 Å². The Kier molecular flexibility index (Phi) is 6.23. The highest BCUT2D eigenvalue weighted by atomic mass is 31.2. The number of carbonyl (C=O) groups is 1. The summed E-state index contributed by atoms with van der Waals surface area (Å²) in [6.07, 6.45) is -7.98. The molecule has 0 aliphatic heterocycles. The lowest BCUT2D eigenvalue weighted by molar-refractivity contribution is -0.135. The predicted octanol–water partition coefficient (Wildman–Crippen LogP) is -3.26. The van der Waals surface area contributed by atoms with E-state index in [4.69, 9.17) is 25.1 Å². The molecule has 16 heavy (non-hydrogen) atoms. The highest BCUT2D eigenvalue weighted by Crippen LogP contribution is 2.38. The summed E-state index contributed by atoms with van der Waals surface area (Å²) in [5.41, 5.74) is 0. The predicted molar refractivity (Wildman–Crippen MR) is 48.1 cm³/mol. The van der Waals surface area contributed by atoms with E-state index in [0.717, 1.165) is 0 Å². The zero-order valence-electron chi connectivity index (χ0n) is 7.95. The topological polar surface area (TPSA) is 165 Å². The van der Waals surface area contributed by atoms with Gasteiger partial charge < -0.3 is 35.0 Å². The van der Waals surface area contributed by atoms with Crippen molar-refractivity contribution < 1.29 is 44.1 Å². The molecule has 0 radical (unpaired) electrons. The van der Waals surface area contributed by atoms with E-state index in [1.54, 1.807) is 0 Å². The van der Waals surface area contributed by atoms with Crippen molar-refractivity contribution in [3.63, 3.8) is 0 Å². The van der Waals surface area contributed by atoms with Crippen LogP contribution in [0.2, 0.25) is 0 Å². The van der Waals surface area contributed by atoms with Gasteiger partial charge in [-0.3, -0.25) is 4.52 Å². The second-order valence-electron chi connectivity index (χ2n) is 2.93. The highest BCUT2D eigenvalue weighted by Gasteiger charge is 2.35. The van der Waals surface area contributed by atoms with E-state index in [0.29, 0.717) is 0 Å². The fourth-order valence-electron chi connectivity index (χ4n) is 0.856. The van der Waals surface area contributed by atoms with Gasteiger partial charge in [0.15, 0.2) is 12.4 Å². The standard InChI is InChI=1S/C6H13O9P/c7-1-3(9)5(10)6(11)4(2-8)15-16(12,13)14/h2-7,9-11H,1H2,(H2,12,13,14)/t3-,4-,5-,6+/m1/s1. The van der Waals surface area contributed by atoms with Crippen LogP contribution >= 0.6 is 7.82 Å². The number of aliphatic hydroxyl groups is 4. The van der Waals surface area contributed by atoms with E-state index in [1.165, 1.54) is 0 Å². The number of phosphoric acid groups is 1. The second kappa shape index (κ2) is 6.38. The van der Waals surface area contributed by atoms with Crippen molar-refractivity contribution in [1.82, 2.24) is 0 Å². The summed E-state index contributed by atoms with van der Waals surface area (Å²) >= 11 is 0. The molecule has 6 N–H and O–H groups in total. The Hall–Kier alpha value is -0.380. The zero-order valence-corrected chi connectivity index (χ0v) is 8.84. The zero-order chi connectivity index (χ0) is 12.9. The minimum absolute atomic E-state index is 0.142. The van der Waals surface area contributed by atoms with Crippen LogP contribution in [0.1, 0.15) is 0 Å². The van der Waals surface area contributed by atoms with Crippen LogP contribution in [0.4, 0.5) is 0 Å². The summed E-state index contributed by atoms with van der Waals surface area (Å²) in [7, 11) is -5.02. The first kappa shape index (κ1) is 15.6. The maximum absolute atomic E-state index is 10.4. The molecular formula is C6H13O9P. The first-order valence-corrected chi connectivity index (χ1v) is 5.60. The van der Waals surface area contributed by atoms with Crippen molar-refractivity contribution >= 4 is 14.1 Å². The Morgan fingerprint density at radius 2 is 1.69 bits per heavy atom. The van der Waals surface area contributed by atoms with Gasteiger partial charge in [0, 0.05) is 0 Å². The first-order valence-electron chi connectivity index (χ1n) is 4.07. The fraction of sp³-hybridized carbons (Fsp3) is 0.833. The van der Waals surface area contributed by atoms with Gasteiger partial charge in [0.05, 0.1) is 6.61 Å². The Labute approximate surface area is 90.2 Å². The summed E-state index contributed by atoms with van der Waals surface area (Å²) in [6, 6.07) is 0. The number of carbonyl (C=O) groups excluding carboxylic acids is 1. The van der Waals surface area contributed by atoms with Gasteiger partial charge in [-0.05, 0) is 0 Å². The van der Waals surface area contributed by atoms with E-state index in [1.807, 2.05) is 0 Å². The molecule has 0 saturated carbocycles. The molecule has 96 valence electrons. The van der Waals surface area contributed by atoms with Crippen LogP contribution in [-0.2, 0) is 13.9 Å². The maximum Gasteiger partial charge on any atom is 0.470 e. The van der Waals surface area contributed by atoms with Crippen LogP contribution in [-0.4, -0.2) is 67.5 Å². The number of aldehydes is 1. The van der Waals surface area contributed by atoms with E-state index < -0.39 is 38.8 Å². The SMILES string of the molecule is O=C[C@@H](OP(=O)(O)O)[C@H](O)[C@H](O)[C@H](O)CO. The lowest BCUT2D eigenvalue weighted by Gasteiger charge is -2.25. The third kappa shape index (κ3) is 5.10. The van der Waals surface area contributed by atoms with Gasteiger partial charge in [-0.1, -0.05) is 0 Å². The summed E-state index contributed by atoms with van der Waals surface area (Å²) in [4.78, 5) is 27.1. The maximum atomic E-state index is 10.4. The number of hydrogen-bond donors (Lipinski definition) is 6. The summed E-state index contributed by atoms with van der Waals surface area (Å²) in [5.74, 6) is 0. The lowest BCUT2D eigenvalue weighted by atomic mass is 10.0. The van der Waals surface area contributed by atoms with Gasteiger partial charge >= 0.3 is 7.82 Å². The molecular weight excluding hydrogens is 247 g/mol. The summed E-state index contributed by atoms with van der Waals surface area (Å²) in [5, 5.41) is 35.7. The van der Waals surface area contributed by atoms with Gasteiger partial charge in [-0.25, -0.2) is 4.57 Å². The Balaban J connectivity index is 4.59. The normalized spacial score (nSPS) is 19.9. The molecule has 0 bridgehead atoms. The fourth-order valence-corrected chi connectivity index (χ4v) is 1.35. The van der Waals surface area contributed by atoms with Gasteiger partial charge in [0.1, 0.15) is 18.3 Å². The molecule has 0 unspecified atom stereocenters. The quantitative estimate of drug-likeness (QED) is 0.203. The van der Waals surface area contributed by atoms with Crippen LogP contribution in [0.15, 0.2) is 0 Å². The van der Waals surface area contributed by atoms with Crippen LogP contribution in [0.5, 0.6) is 0 Å². The van der Waals surface area contributed by atoms with E-state index in [2.05, 4.69) is 4.52 Å². The molecule has 4 atom stereocenters. The Bertz CT molecular complexity index is 263. The summed E-state index contributed by atoms with van der Waals surface area (Å²) < 4.78 is 14.2. The van der Waals surface area contributed by atoms with Gasteiger partial charge in [0.25, 0.3) is 0 Å². The molecule has 0 rings (SSSR count). The van der Waals surface area contributed by atoms with Crippen molar-refractivity contribution in [2.24, 2.45) is 0 Å². The average Bonchev–Trinajstić information content (AvgIpc) is 2.21. The molecule has 0 spiro atoms. The minimum Gasteiger partial charge on any atom is -0.394 e. The van der Waals surface area contributed by atoms with Gasteiger partial charge in [-0.15, -0.1) is 0 Å². The first-order chi connectivity index (χ1) is 7.22.